The van der Waals surface area contributed by atoms with Crippen LogP contribution in [-0.4, -0.2) is 42.9 Å². The molecule has 0 bridgehead atoms. The van der Waals surface area contributed by atoms with Gasteiger partial charge in [0.15, 0.2) is 0 Å². The standard InChI is InChI=1S/C19H30N2O4/c1-4-10-25-19(8-6-7-9-19)18(22)21-16-13-15(3)17(20-14-16)24-12-11-23-5-2/h13-14H,4-12H2,1-3H3,(H,21,22). The van der Waals surface area contributed by atoms with E-state index in [0.29, 0.717) is 38.0 Å². The second kappa shape index (κ2) is 9.73. The second-order valence-electron chi connectivity index (χ2n) is 6.40. The maximum Gasteiger partial charge on any atom is 0.256 e. The van der Waals surface area contributed by atoms with Crippen LogP contribution >= 0.6 is 0 Å². The fourth-order valence-corrected chi connectivity index (χ4v) is 3.05. The first kappa shape index (κ1) is 19.7. The number of pyridine rings is 1. The minimum atomic E-state index is -0.684. The van der Waals surface area contributed by atoms with Crippen molar-refractivity contribution < 1.29 is 19.0 Å². The molecule has 140 valence electrons. The molecule has 0 atom stereocenters. The highest BCUT2D eigenvalue weighted by Crippen LogP contribution is 2.34. The van der Waals surface area contributed by atoms with Crippen molar-refractivity contribution in [3.05, 3.63) is 17.8 Å². The number of carbonyl (C=O) groups excluding carboxylic acids is 1. The molecule has 0 radical (unpaired) electrons. The van der Waals surface area contributed by atoms with Crippen molar-refractivity contribution in [3.63, 3.8) is 0 Å². The normalized spacial score (nSPS) is 16.0. The molecule has 0 aliphatic heterocycles. The van der Waals surface area contributed by atoms with Gasteiger partial charge in [-0.3, -0.25) is 4.79 Å². The lowest BCUT2D eigenvalue weighted by atomic mass is 10.0. The van der Waals surface area contributed by atoms with E-state index in [4.69, 9.17) is 14.2 Å². The molecule has 1 amide bonds. The molecule has 1 N–H and O–H groups in total. The van der Waals surface area contributed by atoms with Crippen LogP contribution in [0.3, 0.4) is 0 Å². The first-order valence-electron chi connectivity index (χ1n) is 9.24. The Morgan fingerprint density at radius 2 is 2.00 bits per heavy atom. The van der Waals surface area contributed by atoms with E-state index < -0.39 is 5.60 Å². The van der Waals surface area contributed by atoms with Gasteiger partial charge in [0.05, 0.1) is 18.5 Å². The maximum absolute atomic E-state index is 12.8. The van der Waals surface area contributed by atoms with Crippen molar-refractivity contribution in [2.24, 2.45) is 0 Å². The Labute approximate surface area is 150 Å². The highest BCUT2D eigenvalue weighted by molar-refractivity contribution is 5.97. The third-order valence-corrected chi connectivity index (χ3v) is 4.37. The first-order valence-corrected chi connectivity index (χ1v) is 9.24. The lowest BCUT2D eigenvalue weighted by Crippen LogP contribution is -2.43. The van der Waals surface area contributed by atoms with Crippen LogP contribution < -0.4 is 10.1 Å². The topological polar surface area (TPSA) is 69.7 Å². The number of hydrogen-bond acceptors (Lipinski definition) is 5. The molecule has 1 fully saturated rings. The molecule has 1 saturated carbocycles. The Morgan fingerprint density at radius 1 is 1.24 bits per heavy atom. The van der Waals surface area contributed by atoms with Gasteiger partial charge in [0, 0.05) is 18.8 Å². The van der Waals surface area contributed by atoms with Gasteiger partial charge in [-0.15, -0.1) is 0 Å². The molecule has 1 heterocycles. The van der Waals surface area contributed by atoms with E-state index in [0.717, 1.165) is 37.7 Å². The number of ether oxygens (including phenoxy) is 3. The lowest BCUT2D eigenvalue weighted by molar-refractivity contribution is -0.140. The molecule has 1 aromatic heterocycles. The number of nitrogens with one attached hydrogen (secondary N) is 1. The molecule has 0 saturated heterocycles. The monoisotopic (exact) mass is 350 g/mol. The zero-order valence-electron chi connectivity index (χ0n) is 15.6. The summed E-state index contributed by atoms with van der Waals surface area (Å²) in [5, 5.41) is 2.97. The summed E-state index contributed by atoms with van der Waals surface area (Å²) < 4.78 is 16.8. The summed E-state index contributed by atoms with van der Waals surface area (Å²) in [6.45, 7) is 8.19. The van der Waals surface area contributed by atoms with E-state index >= 15 is 0 Å². The van der Waals surface area contributed by atoms with Crippen LogP contribution in [-0.2, 0) is 14.3 Å². The summed E-state index contributed by atoms with van der Waals surface area (Å²) in [5.41, 5.74) is 0.867. The fourth-order valence-electron chi connectivity index (χ4n) is 3.05. The highest BCUT2D eigenvalue weighted by Gasteiger charge is 2.42. The quantitative estimate of drug-likeness (QED) is 0.654. The highest BCUT2D eigenvalue weighted by atomic mass is 16.5. The molecule has 2 rings (SSSR count). The van der Waals surface area contributed by atoms with Crippen molar-refractivity contribution in [1.82, 2.24) is 4.98 Å². The Balaban J connectivity index is 1.97. The third kappa shape index (κ3) is 5.41. The van der Waals surface area contributed by atoms with Crippen LogP contribution in [0.4, 0.5) is 5.69 Å². The molecule has 1 aliphatic rings. The molecule has 0 spiro atoms. The second-order valence-corrected chi connectivity index (χ2v) is 6.40. The van der Waals surface area contributed by atoms with E-state index in [9.17, 15) is 4.79 Å². The van der Waals surface area contributed by atoms with Gasteiger partial charge < -0.3 is 19.5 Å². The van der Waals surface area contributed by atoms with Crippen molar-refractivity contribution in [3.8, 4) is 5.88 Å². The third-order valence-electron chi connectivity index (χ3n) is 4.37. The van der Waals surface area contributed by atoms with Crippen molar-refractivity contribution in [2.45, 2.75) is 58.5 Å². The minimum absolute atomic E-state index is 0.0651. The van der Waals surface area contributed by atoms with Crippen LogP contribution in [0, 0.1) is 6.92 Å². The largest absolute Gasteiger partial charge is 0.475 e. The Morgan fingerprint density at radius 3 is 2.64 bits per heavy atom. The van der Waals surface area contributed by atoms with E-state index in [1.807, 2.05) is 19.9 Å². The molecule has 0 unspecified atom stereocenters. The number of nitrogens with zero attached hydrogens (tertiary/aromatic N) is 1. The lowest BCUT2D eigenvalue weighted by Gasteiger charge is -2.28. The van der Waals surface area contributed by atoms with Crippen molar-refractivity contribution in [2.75, 3.05) is 31.7 Å². The number of anilines is 1. The minimum Gasteiger partial charge on any atom is -0.475 e. The molecular formula is C19H30N2O4. The van der Waals surface area contributed by atoms with Crippen molar-refractivity contribution in [1.29, 1.82) is 0 Å². The fraction of sp³-hybridized carbons (Fsp3) is 0.684. The Bertz CT molecular complexity index is 556. The average molecular weight is 350 g/mol. The number of hydrogen-bond donors (Lipinski definition) is 1. The van der Waals surface area contributed by atoms with E-state index in [-0.39, 0.29) is 5.91 Å². The summed E-state index contributed by atoms with van der Waals surface area (Å²) in [4.78, 5) is 17.1. The number of carbonyl (C=O) groups is 1. The van der Waals surface area contributed by atoms with Gasteiger partial charge >= 0.3 is 0 Å². The average Bonchev–Trinajstić information content (AvgIpc) is 3.09. The van der Waals surface area contributed by atoms with Gasteiger partial charge in [0.25, 0.3) is 5.91 Å². The maximum atomic E-state index is 12.8. The smallest absolute Gasteiger partial charge is 0.256 e. The predicted molar refractivity (Wildman–Crippen MR) is 97.0 cm³/mol. The first-order chi connectivity index (χ1) is 12.1. The zero-order chi connectivity index (χ0) is 18.1. The van der Waals surface area contributed by atoms with Crippen LogP contribution in [0.2, 0.25) is 0 Å². The Kier molecular flexibility index (Phi) is 7.65. The van der Waals surface area contributed by atoms with Gasteiger partial charge in [-0.05, 0) is 52.0 Å². The van der Waals surface area contributed by atoms with Crippen LogP contribution in [0.5, 0.6) is 5.88 Å². The molecule has 1 aromatic rings. The van der Waals surface area contributed by atoms with Gasteiger partial charge in [-0.1, -0.05) is 6.92 Å². The molecule has 6 heteroatoms. The SMILES string of the molecule is CCCOC1(C(=O)Nc2cnc(OCCOCC)c(C)c2)CCCC1. The van der Waals surface area contributed by atoms with Gasteiger partial charge in [-0.2, -0.15) is 0 Å². The summed E-state index contributed by atoms with van der Waals surface area (Å²) in [6, 6.07) is 1.88. The molecule has 25 heavy (non-hydrogen) atoms. The van der Waals surface area contributed by atoms with Crippen LogP contribution in [0.1, 0.15) is 51.5 Å². The van der Waals surface area contributed by atoms with Crippen LogP contribution in [0.15, 0.2) is 12.3 Å². The summed E-state index contributed by atoms with van der Waals surface area (Å²) in [7, 11) is 0. The number of amides is 1. The van der Waals surface area contributed by atoms with E-state index in [1.165, 1.54) is 0 Å². The number of aromatic nitrogens is 1. The zero-order valence-corrected chi connectivity index (χ0v) is 15.6. The van der Waals surface area contributed by atoms with E-state index in [1.54, 1.807) is 6.20 Å². The molecule has 1 aliphatic carbocycles. The number of aryl methyl sites for hydroxylation is 1. The number of rotatable bonds is 10. The summed E-state index contributed by atoms with van der Waals surface area (Å²) in [5.74, 6) is 0.500. The van der Waals surface area contributed by atoms with E-state index in [2.05, 4.69) is 17.2 Å². The van der Waals surface area contributed by atoms with Crippen LogP contribution in [0.25, 0.3) is 0 Å². The Hall–Kier alpha value is -1.66. The molecule has 6 nitrogen and oxygen atoms in total. The molecule has 0 aromatic carbocycles. The summed E-state index contributed by atoms with van der Waals surface area (Å²) in [6.07, 6.45) is 6.16. The molecular weight excluding hydrogens is 320 g/mol. The van der Waals surface area contributed by atoms with Gasteiger partial charge in [0.2, 0.25) is 5.88 Å². The predicted octanol–water partition coefficient (Wildman–Crippen LogP) is 3.48. The summed E-state index contributed by atoms with van der Waals surface area (Å²) >= 11 is 0. The van der Waals surface area contributed by atoms with Gasteiger partial charge in [-0.25, -0.2) is 4.98 Å². The van der Waals surface area contributed by atoms with Gasteiger partial charge in [0.1, 0.15) is 12.2 Å². The van der Waals surface area contributed by atoms with Crippen molar-refractivity contribution >= 4 is 11.6 Å².